The molecule has 0 bridgehead atoms. The van der Waals surface area contributed by atoms with Crippen LogP contribution in [0.4, 0.5) is 0 Å². The van der Waals surface area contributed by atoms with Crippen molar-refractivity contribution >= 4 is 5.97 Å². The number of nitrogens with one attached hydrogen (secondary N) is 1. The van der Waals surface area contributed by atoms with Crippen molar-refractivity contribution < 1.29 is 9.53 Å². The molecule has 7 nitrogen and oxygen atoms in total. The normalized spacial score (nSPS) is 17.3. The predicted octanol–water partition coefficient (Wildman–Crippen LogP) is 0.685. The number of hydrogen-bond donors (Lipinski definition) is 1. The molecule has 0 aliphatic heterocycles. The Bertz CT molecular complexity index is 447. The summed E-state index contributed by atoms with van der Waals surface area (Å²) in [7, 11) is 1.40. The number of methoxy groups -OCH3 is 1. The van der Waals surface area contributed by atoms with Gasteiger partial charge in [-0.1, -0.05) is 20.8 Å². The zero-order valence-corrected chi connectivity index (χ0v) is 11.9. The molecule has 1 aromatic rings. The first kappa shape index (κ1) is 13.9. The number of carbonyl (C=O) groups is 1. The van der Waals surface area contributed by atoms with Crippen LogP contribution in [0.5, 0.6) is 0 Å². The van der Waals surface area contributed by atoms with Gasteiger partial charge in [-0.15, -0.1) is 5.10 Å². The van der Waals surface area contributed by atoms with Gasteiger partial charge in [0.15, 0.2) is 5.82 Å². The van der Waals surface area contributed by atoms with Gasteiger partial charge in [0.25, 0.3) is 0 Å². The summed E-state index contributed by atoms with van der Waals surface area (Å²) in [6.07, 6.45) is 2.25. The van der Waals surface area contributed by atoms with Gasteiger partial charge in [-0.25, -0.2) is 4.68 Å². The van der Waals surface area contributed by atoms with Crippen LogP contribution in [0.3, 0.4) is 0 Å². The molecule has 1 N–H and O–H groups in total. The first-order valence-corrected chi connectivity index (χ1v) is 6.51. The van der Waals surface area contributed by atoms with E-state index < -0.39 is 0 Å². The van der Waals surface area contributed by atoms with Crippen molar-refractivity contribution in [1.82, 2.24) is 25.5 Å². The van der Waals surface area contributed by atoms with Gasteiger partial charge in [0.05, 0.1) is 19.7 Å². The molecule has 0 unspecified atom stereocenters. The largest absolute Gasteiger partial charge is 0.468 e. The second kappa shape index (κ2) is 5.24. The number of tetrazole rings is 1. The minimum Gasteiger partial charge on any atom is -0.468 e. The van der Waals surface area contributed by atoms with E-state index in [1.54, 1.807) is 0 Å². The zero-order valence-electron chi connectivity index (χ0n) is 11.9. The molecule has 0 saturated heterocycles. The van der Waals surface area contributed by atoms with Crippen LogP contribution in [0.15, 0.2) is 0 Å². The molecule has 0 amide bonds. The first-order valence-electron chi connectivity index (χ1n) is 6.51. The van der Waals surface area contributed by atoms with Crippen LogP contribution in [0.25, 0.3) is 0 Å². The highest BCUT2D eigenvalue weighted by molar-refractivity contribution is 5.76. The third-order valence-electron chi connectivity index (χ3n) is 3.22. The molecule has 19 heavy (non-hydrogen) atoms. The molecular formula is C12H21N5O2. The van der Waals surface area contributed by atoms with Crippen LogP contribution >= 0.6 is 0 Å². The smallest absolute Gasteiger partial charge is 0.323 e. The topological polar surface area (TPSA) is 81.9 Å². The number of esters is 1. The van der Waals surface area contributed by atoms with E-state index in [0.717, 1.165) is 18.7 Å². The Hall–Kier alpha value is -1.50. The molecule has 1 aliphatic carbocycles. The van der Waals surface area contributed by atoms with Gasteiger partial charge in [-0.05, 0) is 28.7 Å². The van der Waals surface area contributed by atoms with E-state index in [9.17, 15) is 4.79 Å². The molecule has 106 valence electrons. The van der Waals surface area contributed by atoms with Gasteiger partial charge < -0.3 is 4.74 Å². The van der Waals surface area contributed by atoms with Gasteiger partial charge >= 0.3 is 5.97 Å². The summed E-state index contributed by atoms with van der Waals surface area (Å²) in [6.45, 7) is 6.43. The fraction of sp³-hybridized carbons (Fsp3) is 0.833. The third-order valence-corrected chi connectivity index (χ3v) is 3.22. The van der Waals surface area contributed by atoms with Crippen LogP contribution in [0, 0.1) is 5.41 Å². The molecule has 1 heterocycles. The summed E-state index contributed by atoms with van der Waals surface area (Å²) in [6, 6.07) is 0.0415. The van der Waals surface area contributed by atoms with Gasteiger partial charge in [-0.3, -0.25) is 10.1 Å². The quantitative estimate of drug-likeness (QED) is 0.790. The van der Waals surface area contributed by atoms with E-state index in [2.05, 4.69) is 20.8 Å². The molecule has 1 aromatic heterocycles. The van der Waals surface area contributed by atoms with Gasteiger partial charge in [0.1, 0.15) is 6.04 Å². The van der Waals surface area contributed by atoms with E-state index in [1.807, 2.05) is 25.5 Å². The fourth-order valence-electron chi connectivity index (χ4n) is 1.99. The second-order valence-electron chi connectivity index (χ2n) is 5.97. The van der Waals surface area contributed by atoms with Crippen LogP contribution in [0.2, 0.25) is 0 Å². The molecule has 0 spiro atoms. The van der Waals surface area contributed by atoms with E-state index in [-0.39, 0.29) is 17.4 Å². The Labute approximate surface area is 112 Å². The van der Waals surface area contributed by atoms with Crippen molar-refractivity contribution in [3.8, 4) is 0 Å². The Morgan fingerprint density at radius 3 is 2.74 bits per heavy atom. The standard InChI is InChI=1S/C12H21N5O2/c1-12(2,3)10(11(18)19-4)13-7-9-14-15-16-17(9)8-5-6-8/h8,10,13H,5-7H2,1-4H3/t10-/m0/s1. The lowest BCUT2D eigenvalue weighted by Gasteiger charge is -2.28. The Kier molecular flexibility index (Phi) is 3.84. The monoisotopic (exact) mass is 267 g/mol. The van der Waals surface area contributed by atoms with Crippen molar-refractivity contribution in [2.45, 2.75) is 52.2 Å². The zero-order chi connectivity index (χ0) is 14.0. The van der Waals surface area contributed by atoms with Crippen LogP contribution < -0.4 is 5.32 Å². The Morgan fingerprint density at radius 2 is 2.21 bits per heavy atom. The van der Waals surface area contributed by atoms with Crippen molar-refractivity contribution in [2.24, 2.45) is 5.41 Å². The highest BCUT2D eigenvalue weighted by Crippen LogP contribution is 2.34. The van der Waals surface area contributed by atoms with Crippen LogP contribution in [-0.2, 0) is 16.1 Å². The second-order valence-corrected chi connectivity index (χ2v) is 5.97. The van der Waals surface area contributed by atoms with E-state index in [4.69, 9.17) is 4.74 Å². The highest BCUT2D eigenvalue weighted by atomic mass is 16.5. The van der Waals surface area contributed by atoms with Gasteiger partial charge in [0.2, 0.25) is 0 Å². The number of hydrogen-bond acceptors (Lipinski definition) is 6. The lowest BCUT2D eigenvalue weighted by molar-refractivity contribution is -0.146. The number of ether oxygens (including phenoxy) is 1. The van der Waals surface area contributed by atoms with Gasteiger partial charge in [0, 0.05) is 0 Å². The minimum absolute atomic E-state index is 0.231. The highest BCUT2D eigenvalue weighted by Gasteiger charge is 2.33. The molecule has 1 saturated carbocycles. The van der Waals surface area contributed by atoms with Crippen LogP contribution in [0.1, 0.15) is 45.5 Å². The van der Waals surface area contributed by atoms with Crippen molar-refractivity contribution in [3.63, 3.8) is 0 Å². The molecule has 7 heteroatoms. The number of carbonyl (C=O) groups excluding carboxylic acids is 1. The molecule has 0 radical (unpaired) electrons. The van der Waals surface area contributed by atoms with Crippen LogP contribution in [-0.4, -0.2) is 39.3 Å². The van der Waals surface area contributed by atoms with E-state index in [0.29, 0.717) is 12.6 Å². The molecule has 1 fully saturated rings. The summed E-state index contributed by atoms with van der Waals surface area (Å²) in [5.74, 6) is 0.499. The average molecular weight is 267 g/mol. The lowest BCUT2D eigenvalue weighted by Crippen LogP contribution is -2.47. The maximum Gasteiger partial charge on any atom is 0.323 e. The van der Waals surface area contributed by atoms with Gasteiger partial charge in [-0.2, -0.15) is 0 Å². The lowest BCUT2D eigenvalue weighted by atomic mass is 9.87. The summed E-state index contributed by atoms with van der Waals surface area (Å²) >= 11 is 0. The van der Waals surface area contributed by atoms with E-state index >= 15 is 0 Å². The molecule has 1 atom stereocenters. The molecule has 1 aliphatic rings. The predicted molar refractivity (Wildman–Crippen MR) is 68.2 cm³/mol. The number of aromatic nitrogens is 4. The summed E-state index contributed by atoms with van der Waals surface area (Å²) in [4.78, 5) is 11.8. The first-order chi connectivity index (χ1) is 8.93. The summed E-state index contributed by atoms with van der Waals surface area (Å²) in [5.41, 5.74) is -0.231. The number of nitrogens with zero attached hydrogens (tertiary/aromatic N) is 4. The van der Waals surface area contributed by atoms with Crippen molar-refractivity contribution in [2.75, 3.05) is 7.11 Å². The fourth-order valence-corrected chi connectivity index (χ4v) is 1.99. The SMILES string of the molecule is COC(=O)[C@H](NCc1nnnn1C1CC1)C(C)(C)C. The van der Waals surface area contributed by atoms with Crippen molar-refractivity contribution in [3.05, 3.63) is 5.82 Å². The molecule has 2 rings (SSSR count). The molecular weight excluding hydrogens is 246 g/mol. The minimum atomic E-state index is -0.387. The maximum absolute atomic E-state index is 11.8. The average Bonchev–Trinajstić information content (AvgIpc) is 3.07. The Morgan fingerprint density at radius 1 is 1.53 bits per heavy atom. The molecule has 0 aromatic carbocycles. The van der Waals surface area contributed by atoms with Crippen molar-refractivity contribution in [1.29, 1.82) is 0 Å². The third kappa shape index (κ3) is 3.28. The summed E-state index contributed by atoms with van der Waals surface area (Å²) in [5, 5.41) is 14.9. The van der Waals surface area contributed by atoms with E-state index in [1.165, 1.54) is 7.11 Å². The maximum atomic E-state index is 11.8. The summed E-state index contributed by atoms with van der Waals surface area (Å²) < 4.78 is 6.68. The Balaban J connectivity index is 2.02. The number of rotatable bonds is 5.